The topological polar surface area (TPSA) is 26.0 Å². The van der Waals surface area contributed by atoms with Crippen LogP contribution in [-0.4, -0.2) is 6.04 Å². The second-order valence-corrected chi connectivity index (χ2v) is 2.88. The zero-order valence-electron chi connectivity index (χ0n) is 7.42. The molecule has 64 valence electrons. The third-order valence-electron chi connectivity index (χ3n) is 2.02. The van der Waals surface area contributed by atoms with E-state index >= 15 is 0 Å². The molecule has 0 fully saturated rings. The van der Waals surface area contributed by atoms with Crippen LogP contribution in [0.4, 0.5) is 0 Å². The van der Waals surface area contributed by atoms with Gasteiger partial charge in [-0.25, -0.2) is 0 Å². The molecule has 0 aromatic heterocycles. The van der Waals surface area contributed by atoms with E-state index in [1.807, 2.05) is 12.2 Å². The number of nitrogens with two attached hydrogens (primary N) is 1. The van der Waals surface area contributed by atoms with Crippen molar-refractivity contribution in [3.05, 3.63) is 25.3 Å². The van der Waals surface area contributed by atoms with Crippen LogP contribution in [0.25, 0.3) is 0 Å². The Kier molecular flexibility index (Phi) is 5.86. The summed E-state index contributed by atoms with van der Waals surface area (Å²) in [7, 11) is 0. The third-order valence-corrected chi connectivity index (χ3v) is 2.02. The Hall–Kier alpha value is -0.560. The lowest BCUT2D eigenvalue weighted by molar-refractivity contribution is 0.418. The fourth-order valence-electron chi connectivity index (χ4n) is 1.21. The van der Waals surface area contributed by atoms with E-state index in [-0.39, 0.29) is 0 Å². The SMILES string of the molecule is C=CCC(CC=C)C(N)CC. The molecule has 1 atom stereocenters. The molecule has 0 heterocycles. The minimum atomic E-state index is 0.297. The quantitative estimate of drug-likeness (QED) is 0.583. The highest BCUT2D eigenvalue weighted by molar-refractivity contribution is 4.84. The molecule has 0 spiro atoms. The van der Waals surface area contributed by atoms with Crippen LogP contribution in [-0.2, 0) is 0 Å². The molecule has 0 radical (unpaired) electrons. The maximum atomic E-state index is 5.89. The smallest absolute Gasteiger partial charge is 0.00704 e. The van der Waals surface area contributed by atoms with Crippen molar-refractivity contribution in [3.8, 4) is 0 Å². The van der Waals surface area contributed by atoms with Crippen LogP contribution in [0.1, 0.15) is 26.2 Å². The van der Waals surface area contributed by atoms with Crippen molar-refractivity contribution in [2.45, 2.75) is 32.2 Å². The first-order valence-electron chi connectivity index (χ1n) is 4.23. The molecule has 0 saturated heterocycles. The van der Waals surface area contributed by atoms with Crippen LogP contribution >= 0.6 is 0 Å². The lowest BCUT2D eigenvalue weighted by atomic mass is 9.92. The van der Waals surface area contributed by atoms with Crippen molar-refractivity contribution >= 4 is 0 Å². The van der Waals surface area contributed by atoms with Crippen LogP contribution in [0.15, 0.2) is 25.3 Å². The van der Waals surface area contributed by atoms with Crippen LogP contribution in [0, 0.1) is 5.92 Å². The Bertz CT molecular complexity index is 108. The molecule has 0 amide bonds. The predicted molar refractivity (Wildman–Crippen MR) is 51.4 cm³/mol. The molecule has 0 aliphatic carbocycles. The van der Waals surface area contributed by atoms with Crippen LogP contribution < -0.4 is 5.73 Å². The summed E-state index contributed by atoms with van der Waals surface area (Å²) >= 11 is 0. The fourth-order valence-corrected chi connectivity index (χ4v) is 1.21. The summed E-state index contributed by atoms with van der Waals surface area (Å²) in [6.45, 7) is 9.53. The summed E-state index contributed by atoms with van der Waals surface area (Å²) in [5, 5.41) is 0. The van der Waals surface area contributed by atoms with E-state index in [4.69, 9.17) is 5.73 Å². The van der Waals surface area contributed by atoms with Gasteiger partial charge in [0, 0.05) is 6.04 Å². The second-order valence-electron chi connectivity index (χ2n) is 2.88. The molecule has 0 saturated carbocycles. The van der Waals surface area contributed by atoms with Gasteiger partial charge in [-0.05, 0) is 25.2 Å². The summed E-state index contributed by atoms with van der Waals surface area (Å²) in [5.74, 6) is 0.537. The Balaban J connectivity index is 3.84. The van der Waals surface area contributed by atoms with E-state index < -0.39 is 0 Å². The standard InChI is InChI=1S/C10H19N/c1-4-7-9(8-5-2)10(11)6-3/h4-5,9-10H,1-2,6-8,11H2,3H3. The molecule has 1 unspecified atom stereocenters. The first-order valence-corrected chi connectivity index (χ1v) is 4.23. The molecule has 0 aromatic carbocycles. The summed E-state index contributed by atoms with van der Waals surface area (Å²) in [5.41, 5.74) is 5.89. The predicted octanol–water partition coefficient (Wildman–Crippen LogP) is 2.49. The van der Waals surface area contributed by atoms with Gasteiger partial charge in [0.05, 0.1) is 0 Å². The number of rotatable bonds is 6. The van der Waals surface area contributed by atoms with Crippen molar-refractivity contribution in [3.63, 3.8) is 0 Å². The normalized spacial score (nSPS) is 13.0. The maximum Gasteiger partial charge on any atom is 0.00704 e. The largest absolute Gasteiger partial charge is 0.327 e. The molecule has 0 aromatic rings. The molecule has 0 rings (SSSR count). The van der Waals surface area contributed by atoms with Crippen molar-refractivity contribution < 1.29 is 0 Å². The molecule has 0 aliphatic heterocycles. The molecular weight excluding hydrogens is 134 g/mol. The monoisotopic (exact) mass is 153 g/mol. The van der Waals surface area contributed by atoms with Crippen LogP contribution in [0.5, 0.6) is 0 Å². The minimum absolute atomic E-state index is 0.297. The molecular formula is C10H19N. The molecule has 0 aliphatic rings. The minimum Gasteiger partial charge on any atom is -0.327 e. The van der Waals surface area contributed by atoms with E-state index in [0.29, 0.717) is 12.0 Å². The van der Waals surface area contributed by atoms with E-state index in [9.17, 15) is 0 Å². The average molecular weight is 153 g/mol. The maximum absolute atomic E-state index is 5.89. The first kappa shape index (κ1) is 10.4. The van der Waals surface area contributed by atoms with E-state index in [1.54, 1.807) is 0 Å². The Morgan fingerprint density at radius 1 is 1.27 bits per heavy atom. The highest BCUT2D eigenvalue weighted by Crippen LogP contribution is 2.15. The van der Waals surface area contributed by atoms with Crippen molar-refractivity contribution in [1.82, 2.24) is 0 Å². The van der Waals surface area contributed by atoms with E-state index in [2.05, 4.69) is 20.1 Å². The summed E-state index contributed by atoms with van der Waals surface area (Å²) in [6, 6.07) is 0.297. The Morgan fingerprint density at radius 2 is 1.73 bits per heavy atom. The van der Waals surface area contributed by atoms with Gasteiger partial charge < -0.3 is 5.73 Å². The van der Waals surface area contributed by atoms with E-state index in [1.165, 1.54) is 0 Å². The molecule has 11 heavy (non-hydrogen) atoms. The number of hydrogen-bond donors (Lipinski definition) is 1. The summed E-state index contributed by atoms with van der Waals surface area (Å²) in [6.07, 6.45) is 6.90. The summed E-state index contributed by atoms with van der Waals surface area (Å²) in [4.78, 5) is 0. The molecule has 2 N–H and O–H groups in total. The van der Waals surface area contributed by atoms with Gasteiger partial charge in [0.1, 0.15) is 0 Å². The number of hydrogen-bond acceptors (Lipinski definition) is 1. The van der Waals surface area contributed by atoms with Gasteiger partial charge in [-0.1, -0.05) is 19.1 Å². The molecule has 1 nitrogen and oxygen atoms in total. The highest BCUT2D eigenvalue weighted by Gasteiger charge is 2.12. The van der Waals surface area contributed by atoms with Gasteiger partial charge in [0.2, 0.25) is 0 Å². The lowest BCUT2D eigenvalue weighted by Gasteiger charge is -2.19. The molecule has 0 bridgehead atoms. The fraction of sp³-hybridized carbons (Fsp3) is 0.600. The second kappa shape index (κ2) is 6.17. The van der Waals surface area contributed by atoms with Gasteiger partial charge >= 0.3 is 0 Å². The van der Waals surface area contributed by atoms with Gasteiger partial charge in [-0.2, -0.15) is 0 Å². The summed E-state index contributed by atoms with van der Waals surface area (Å²) < 4.78 is 0. The Morgan fingerprint density at radius 3 is 2.00 bits per heavy atom. The Labute approximate surface area is 70.0 Å². The van der Waals surface area contributed by atoms with Gasteiger partial charge in [0.15, 0.2) is 0 Å². The van der Waals surface area contributed by atoms with Crippen molar-refractivity contribution in [2.24, 2.45) is 11.7 Å². The zero-order chi connectivity index (χ0) is 8.69. The number of allylic oxidation sites excluding steroid dienone is 2. The van der Waals surface area contributed by atoms with E-state index in [0.717, 1.165) is 19.3 Å². The van der Waals surface area contributed by atoms with Crippen LogP contribution in [0.2, 0.25) is 0 Å². The van der Waals surface area contributed by atoms with Gasteiger partial charge in [0.25, 0.3) is 0 Å². The highest BCUT2D eigenvalue weighted by atomic mass is 14.6. The molecule has 1 heteroatoms. The van der Waals surface area contributed by atoms with Gasteiger partial charge in [-0.15, -0.1) is 13.2 Å². The van der Waals surface area contributed by atoms with Crippen molar-refractivity contribution in [1.29, 1.82) is 0 Å². The van der Waals surface area contributed by atoms with Crippen molar-refractivity contribution in [2.75, 3.05) is 0 Å². The lowest BCUT2D eigenvalue weighted by Crippen LogP contribution is -2.28. The zero-order valence-corrected chi connectivity index (χ0v) is 7.42. The first-order chi connectivity index (χ1) is 5.26. The van der Waals surface area contributed by atoms with Gasteiger partial charge in [-0.3, -0.25) is 0 Å². The van der Waals surface area contributed by atoms with Crippen LogP contribution in [0.3, 0.4) is 0 Å². The third kappa shape index (κ3) is 3.99. The average Bonchev–Trinajstić information content (AvgIpc) is 2.03.